The summed E-state index contributed by atoms with van der Waals surface area (Å²) in [5.74, 6) is -0.686. The summed E-state index contributed by atoms with van der Waals surface area (Å²) in [5.41, 5.74) is 3.02. The molecule has 2 N–H and O–H groups in total. The molecule has 7 heteroatoms. The lowest BCUT2D eigenvalue weighted by atomic mass is 10.1. The molecule has 0 unspecified atom stereocenters. The van der Waals surface area contributed by atoms with E-state index < -0.39 is 15.7 Å². The first kappa shape index (κ1) is 22.0. The molecule has 2 aromatic rings. The Labute approximate surface area is 178 Å². The third-order valence-corrected chi connectivity index (χ3v) is 6.86. The topological polar surface area (TPSA) is 92.3 Å². The van der Waals surface area contributed by atoms with E-state index in [-0.39, 0.29) is 23.0 Å². The van der Waals surface area contributed by atoms with Crippen LogP contribution in [-0.4, -0.2) is 32.5 Å². The van der Waals surface area contributed by atoms with Crippen LogP contribution in [0.25, 0.3) is 0 Å². The average molecular weight is 429 g/mol. The predicted octanol–water partition coefficient (Wildman–Crippen LogP) is 3.36. The highest BCUT2D eigenvalue weighted by molar-refractivity contribution is 7.91. The van der Waals surface area contributed by atoms with Crippen molar-refractivity contribution >= 4 is 27.3 Å². The number of hydrogen-bond donors (Lipinski definition) is 2. The van der Waals surface area contributed by atoms with Crippen molar-refractivity contribution in [1.29, 1.82) is 0 Å². The van der Waals surface area contributed by atoms with Crippen molar-refractivity contribution in [2.24, 2.45) is 5.92 Å². The molecule has 0 atom stereocenters. The summed E-state index contributed by atoms with van der Waals surface area (Å²) in [6, 6.07) is 12.0. The molecule has 0 fully saturated rings. The van der Waals surface area contributed by atoms with Crippen molar-refractivity contribution in [2.75, 3.05) is 17.6 Å². The Morgan fingerprint density at radius 2 is 1.77 bits per heavy atom. The van der Waals surface area contributed by atoms with E-state index >= 15 is 0 Å². The molecule has 2 aromatic carbocycles. The minimum Gasteiger partial charge on any atom is -0.352 e. The molecular weight excluding hydrogens is 400 g/mol. The van der Waals surface area contributed by atoms with E-state index in [9.17, 15) is 18.0 Å². The van der Waals surface area contributed by atoms with Gasteiger partial charge in [0, 0.05) is 13.0 Å². The van der Waals surface area contributed by atoms with E-state index in [0.29, 0.717) is 23.7 Å². The number of hydrogen-bond acceptors (Lipinski definition) is 4. The van der Waals surface area contributed by atoms with Crippen molar-refractivity contribution in [3.8, 4) is 0 Å². The summed E-state index contributed by atoms with van der Waals surface area (Å²) < 4.78 is 25.3. The third-order valence-electron chi connectivity index (χ3n) is 5.14. The van der Waals surface area contributed by atoms with Crippen LogP contribution in [0.15, 0.2) is 47.4 Å². The van der Waals surface area contributed by atoms with Gasteiger partial charge in [0.25, 0.3) is 5.91 Å². The summed E-state index contributed by atoms with van der Waals surface area (Å²) in [5, 5.41) is 5.50. The maximum Gasteiger partial charge on any atom is 0.253 e. The summed E-state index contributed by atoms with van der Waals surface area (Å²) in [7, 11) is -3.55. The summed E-state index contributed by atoms with van der Waals surface area (Å²) >= 11 is 0. The second-order valence-electron chi connectivity index (χ2n) is 8.05. The maximum atomic E-state index is 12.7. The fourth-order valence-electron chi connectivity index (χ4n) is 3.48. The lowest BCUT2D eigenvalue weighted by molar-refractivity contribution is -0.115. The molecule has 0 saturated heterocycles. The molecule has 30 heavy (non-hydrogen) atoms. The van der Waals surface area contributed by atoms with Gasteiger partial charge in [-0.2, -0.15) is 0 Å². The van der Waals surface area contributed by atoms with E-state index in [0.717, 1.165) is 24.8 Å². The molecule has 3 rings (SSSR count). The minimum atomic E-state index is -3.55. The molecule has 0 spiro atoms. The SMILES string of the molecule is CC(C)CNC(=O)c1ccccc1NC(=O)CCS(=O)(=O)c1ccc2c(c1)CCC2. The van der Waals surface area contributed by atoms with Gasteiger partial charge in [-0.1, -0.05) is 32.0 Å². The van der Waals surface area contributed by atoms with Crippen molar-refractivity contribution in [3.05, 3.63) is 59.2 Å². The van der Waals surface area contributed by atoms with Gasteiger partial charge in [-0.05, 0) is 60.6 Å². The Bertz CT molecular complexity index is 1040. The van der Waals surface area contributed by atoms with Gasteiger partial charge >= 0.3 is 0 Å². The van der Waals surface area contributed by atoms with Crippen molar-refractivity contribution in [1.82, 2.24) is 5.32 Å². The van der Waals surface area contributed by atoms with Crippen LogP contribution < -0.4 is 10.6 Å². The van der Waals surface area contributed by atoms with Crippen LogP contribution in [0.5, 0.6) is 0 Å². The van der Waals surface area contributed by atoms with Gasteiger partial charge in [0.05, 0.1) is 21.9 Å². The van der Waals surface area contributed by atoms with Gasteiger partial charge < -0.3 is 10.6 Å². The molecule has 2 amide bonds. The fraction of sp³-hybridized carbons (Fsp3) is 0.391. The molecule has 0 bridgehead atoms. The number of carbonyl (C=O) groups excluding carboxylic acids is 2. The first-order chi connectivity index (χ1) is 14.3. The van der Waals surface area contributed by atoms with Gasteiger partial charge in [0.2, 0.25) is 5.91 Å². The molecule has 0 radical (unpaired) electrons. The number of aryl methyl sites for hydroxylation is 2. The van der Waals surface area contributed by atoms with Crippen LogP contribution in [0.2, 0.25) is 0 Å². The third kappa shape index (κ3) is 5.48. The van der Waals surface area contributed by atoms with E-state index in [2.05, 4.69) is 10.6 Å². The van der Waals surface area contributed by atoms with Crippen LogP contribution in [0.3, 0.4) is 0 Å². The Morgan fingerprint density at radius 1 is 1.03 bits per heavy atom. The molecule has 1 aliphatic carbocycles. The molecule has 0 heterocycles. The van der Waals surface area contributed by atoms with E-state index in [1.54, 1.807) is 36.4 Å². The largest absolute Gasteiger partial charge is 0.352 e. The van der Waals surface area contributed by atoms with Gasteiger partial charge in [0.15, 0.2) is 9.84 Å². The lowest BCUT2D eigenvalue weighted by Gasteiger charge is -2.13. The van der Waals surface area contributed by atoms with E-state index in [1.165, 1.54) is 5.56 Å². The fourth-order valence-corrected chi connectivity index (χ4v) is 4.77. The van der Waals surface area contributed by atoms with Crippen LogP contribution in [0.1, 0.15) is 48.2 Å². The zero-order chi connectivity index (χ0) is 21.7. The Kier molecular flexibility index (Phi) is 6.92. The second kappa shape index (κ2) is 9.43. The molecule has 6 nitrogen and oxygen atoms in total. The highest BCUT2D eigenvalue weighted by atomic mass is 32.2. The molecule has 1 aliphatic rings. The highest BCUT2D eigenvalue weighted by Crippen LogP contribution is 2.25. The van der Waals surface area contributed by atoms with Crippen molar-refractivity contribution in [2.45, 2.75) is 44.4 Å². The maximum absolute atomic E-state index is 12.7. The van der Waals surface area contributed by atoms with Gasteiger partial charge in [-0.25, -0.2) is 8.42 Å². The average Bonchev–Trinajstić information content (AvgIpc) is 3.19. The number of anilines is 1. The predicted molar refractivity (Wildman–Crippen MR) is 117 cm³/mol. The van der Waals surface area contributed by atoms with Crippen LogP contribution in [0, 0.1) is 5.92 Å². The monoisotopic (exact) mass is 428 g/mol. The molecular formula is C23H28N2O4S. The zero-order valence-electron chi connectivity index (χ0n) is 17.4. The number of rotatable bonds is 8. The summed E-state index contributed by atoms with van der Waals surface area (Å²) in [4.78, 5) is 25.1. The molecule has 0 aromatic heterocycles. The quantitative estimate of drug-likeness (QED) is 0.674. The van der Waals surface area contributed by atoms with Gasteiger partial charge in [-0.3, -0.25) is 9.59 Å². The van der Waals surface area contributed by atoms with E-state index in [1.807, 2.05) is 19.9 Å². The van der Waals surface area contributed by atoms with Crippen LogP contribution in [-0.2, 0) is 27.5 Å². The zero-order valence-corrected chi connectivity index (χ0v) is 18.2. The van der Waals surface area contributed by atoms with Crippen LogP contribution >= 0.6 is 0 Å². The molecule has 160 valence electrons. The number of carbonyl (C=O) groups is 2. The standard InChI is InChI=1S/C23H28N2O4S/c1-16(2)15-24-23(27)20-8-3-4-9-21(20)25-22(26)12-13-30(28,29)19-11-10-17-6-5-7-18(17)14-19/h3-4,8-11,14,16H,5-7,12-13,15H2,1-2H3,(H,24,27)(H,25,26). The van der Waals surface area contributed by atoms with Crippen molar-refractivity contribution in [3.63, 3.8) is 0 Å². The first-order valence-corrected chi connectivity index (χ1v) is 11.9. The number of fused-ring (bicyclic) bond motifs is 1. The van der Waals surface area contributed by atoms with Gasteiger partial charge in [0.1, 0.15) is 0 Å². The van der Waals surface area contributed by atoms with Crippen molar-refractivity contribution < 1.29 is 18.0 Å². The Hall–Kier alpha value is -2.67. The van der Waals surface area contributed by atoms with Gasteiger partial charge in [-0.15, -0.1) is 0 Å². The number of amides is 2. The van der Waals surface area contributed by atoms with Crippen LogP contribution in [0.4, 0.5) is 5.69 Å². The summed E-state index contributed by atoms with van der Waals surface area (Å²) in [6.45, 7) is 4.52. The number of nitrogens with one attached hydrogen (secondary N) is 2. The Balaban J connectivity index is 1.63. The number of sulfone groups is 1. The highest BCUT2D eigenvalue weighted by Gasteiger charge is 2.20. The Morgan fingerprint density at radius 3 is 2.53 bits per heavy atom. The molecule has 0 saturated carbocycles. The number of para-hydroxylation sites is 1. The first-order valence-electron chi connectivity index (χ1n) is 10.3. The number of benzene rings is 2. The second-order valence-corrected chi connectivity index (χ2v) is 10.2. The van der Waals surface area contributed by atoms with E-state index in [4.69, 9.17) is 0 Å². The minimum absolute atomic E-state index is 0.179. The smallest absolute Gasteiger partial charge is 0.253 e. The normalized spacial score (nSPS) is 13.2. The summed E-state index contributed by atoms with van der Waals surface area (Å²) in [6.07, 6.45) is 2.75. The lowest BCUT2D eigenvalue weighted by Crippen LogP contribution is -2.28. The molecule has 0 aliphatic heterocycles.